The number of ether oxygens (including phenoxy) is 2. The molecule has 1 aromatic carbocycles. The van der Waals surface area contributed by atoms with Crippen molar-refractivity contribution in [2.45, 2.75) is 0 Å². The summed E-state index contributed by atoms with van der Waals surface area (Å²) in [5.41, 5.74) is -0.0275. The van der Waals surface area contributed by atoms with Gasteiger partial charge in [-0.25, -0.2) is 9.78 Å². The van der Waals surface area contributed by atoms with Gasteiger partial charge in [0.15, 0.2) is 11.5 Å². The summed E-state index contributed by atoms with van der Waals surface area (Å²) >= 11 is 3.17. The third-order valence-electron chi connectivity index (χ3n) is 2.32. The van der Waals surface area contributed by atoms with Crippen molar-refractivity contribution in [3.63, 3.8) is 0 Å². The Hall–Kier alpha value is -2.08. The zero-order valence-corrected chi connectivity index (χ0v) is 11.5. The summed E-state index contributed by atoms with van der Waals surface area (Å²) in [6.45, 7) is 0. The van der Waals surface area contributed by atoms with E-state index in [4.69, 9.17) is 14.6 Å². The Morgan fingerprint density at radius 2 is 2.00 bits per heavy atom. The molecule has 0 aliphatic heterocycles. The van der Waals surface area contributed by atoms with Crippen LogP contribution in [0, 0.1) is 0 Å². The predicted molar refractivity (Wildman–Crippen MR) is 72.0 cm³/mol. The minimum Gasteiger partial charge on any atom is -0.493 e. The molecule has 0 saturated carbocycles. The molecule has 2 aromatic rings. The lowest BCUT2D eigenvalue weighted by atomic mass is 10.2. The number of carboxylic acid groups (broad SMARTS) is 1. The summed E-state index contributed by atoms with van der Waals surface area (Å²) in [4.78, 5) is 15.1. The number of pyridine rings is 1. The lowest BCUT2D eigenvalue weighted by Gasteiger charge is -2.10. The zero-order valence-electron chi connectivity index (χ0n) is 9.96. The molecular formula is C13H10BrNO4. The van der Waals surface area contributed by atoms with Gasteiger partial charge >= 0.3 is 5.97 Å². The van der Waals surface area contributed by atoms with Crippen molar-refractivity contribution < 1.29 is 19.4 Å². The van der Waals surface area contributed by atoms with Crippen LogP contribution in [-0.2, 0) is 0 Å². The Kier molecular flexibility index (Phi) is 4.01. The van der Waals surface area contributed by atoms with Gasteiger partial charge in [0.2, 0.25) is 5.88 Å². The van der Waals surface area contributed by atoms with Crippen molar-refractivity contribution in [3.8, 4) is 17.4 Å². The predicted octanol–water partition coefficient (Wildman–Crippen LogP) is 3.34. The van der Waals surface area contributed by atoms with Gasteiger partial charge in [-0.15, -0.1) is 0 Å². The van der Waals surface area contributed by atoms with E-state index in [9.17, 15) is 4.79 Å². The first-order chi connectivity index (χ1) is 9.11. The van der Waals surface area contributed by atoms with Crippen LogP contribution in [0.2, 0.25) is 0 Å². The highest BCUT2D eigenvalue weighted by molar-refractivity contribution is 9.10. The van der Waals surface area contributed by atoms with E-state index in [0.29, 0.717) is 16.0 Å². The first-order valence-electron chi connectivity index (χ1n) is 5.31. The van der Waals surface area contributed by atoms with E-state index in [1.165, 1.54) is 19.4 Å². The van der Waals surface area contributed by atoms with Crippen LogP contribution < -0.4 is 9.47 Å². The van der Waals surface area contributed by atoms with Crippen LogP contribution in [-0.4, -0.2) is 23.2 Å². The second-order valence-corrected chi connectivity index (χ2v) is 4.48. The average Bonchev–Trinajstić information content (AvgIpc) is 2.41. The molecule has 1 aromatic heterocycles. The van der Waals surface area contributed by atoms with E-state index >= 15 is 0 Å². The third-order valence-corrected chi connectivity index (χ3v) is 2.76. The van der Waals surface area contributed by atoms with Gasteiger partial charge in [-0.3, -0.25) is 0 Å². The maximum atomic E-state index is 11.1. The fraction of sp³-hybridized carbons (Fsp3) is 0.0769. The zero-order chi connectivity index (χ0) is 13.8. The number of rotatable bonds is 4. The smallest absolute Gasteiger partial charge is 0.341 e. The number of hydrogen-bond acceptors (Lipinski definition) is 4. The van der Waals surface area contributed by atoms with E-state index in [-0.39, 0.29) is 11.4 Å². The van der Waals surface area contributed by atoms with Gasteiger partial charge in [-0.2, -0.15) is 0 Å². The molecule has 0 unspecified atom stereocenters. The summed E-state index contributed by atoms with van der Waals surface area (Å²) in [5.74, 6) is -0.190. The lowest BCUT2D eigenvalue weighted by Crippen LogP contribution is -2.02. The normalized spacial score (nSPS) is 10.0. The molecule has 0 atom stereocenters. The van der Waals surface area contributed by atoms with Crippen molar-refractivity contribution in [1.82, 2.24) is 4.98 Å². The molecule has 0 aliphatic rings. The van der Waals surface area contributed by atoms with Crippen LogP contribution >= 0.6 is 15.9 Å². The fourth-order valence-corrected chi connectivity index (χ4v) is 1.80. The number of carboxylic acids is 1. The molecule has 0 saturated heterocycles. The molecule has 0 bridgehead atoms. The molecule has 1 heterocycles. The first kappa shape index (κ1) is 13.4. The Morgan fingerprint density at radius 1 is 1.32 bits per heavy atom. The minimum atomic E-state index is -1.11. The molecular weight excluding hydrogens is 314 g/mol. The van der Waals surface area contributed by atoms with Gasteiger partial charge in [0.25, 0.3) is 0 Å². The van der Waals surface area contributed by atoms with E-state index < -0.39 is 5.97 Å². The lowest BCUT2D eigenvalue weighted by molar-refractivity contribution is 0.0693. The van der Waals surface area contributed by atoms with Gasteiger partial charge in [-0.05, 0) is 34.1 Å². The first-order valence-corrected chi connectivity index (χ1v) is 6.11. The van der Waals surface area contributed by atoms with Crippen molar-refractivity contribution in [2.75, 3.05) is 7.11 Å². The number of benzene rings is 1. The number of carbonyl (C=O) groups is 1. The Labute approximate surface area is 117 Å². The van der Waals surface area contributed by atoms with Gasteiger partial charge in [0.1, 0.15) is 5.56 Å². The standard InChI is InChI=1S/C13H10BrNO4/c1-18-10-4-2-3-5-11(10)19-12-9(13(16)17)6-8(14)7-15-12/h2-7H,1H3,(H,16,17). The van der Waals surface area contributed by atoms with E-state index in [2.05, 4.69) is 20.9 Å². The Bertz CT molecular complexity index is 615. The monoisotopic (exact) mass is 323 g/mol. The van der Waals surface area contributed by atoms with Gasteiger partial charge in [0.05, 0.1) is 7.11 Å². The van der Waals surface area contributed by atoms with Crippen LogP contribution in [0.25, 0.3) is 0 Å². The second-order valence-electron chi connectivity index (χ2n) is 3.56. The number of aromatic carboxylic acids is 1. The molecule has 2 rings (SSSR count). The number of methoxy groups -OCH3 is 1. The summed E-state index contributed by atoms with van der Waals surface area (Å²) in [7, 11) is 1.51. The maximum absolute atomic E-state index is 11.1. The summed E-state index contributed by atoms with van der Waals surface area (Å²) in [6, 6.07) is 8.37. The van der Waals surface area contributed by atoms with Crippen molar-refractivity contribution in [1.29, 1.82) is 0 Å². The summed E-state index contributed by atoms with van der Waals surface area (Å²) < 4.78 is 11.2. The molecule has 0 aliphatic carbocycles. The molecule has 1 N–H and O–H groups in total. The molecule has 5 nitrogen and oxygen atoms in total. The van der Waals surface area contributed by atoms with Crippen molar-refractivity contribution >= 4 is 21.9 Å². The van der Waals surface area contributed by atoms with Crippen LogP contribution in [0.15, 0.2) is 41.0 Å². The third kappa shape index (κ3) is 3.03. The Morgan fingerprint density at radius 3 is 2.63 bits per heavy atom. The van der Waals surface area contributed by atoms with E-state index in [0.717, 1.165) is 0 Å². The van der Waals surface area contributed by atoms with E-state index in [1.54, 1.807) is 24.3 Å². The van der Waals surface area contributed by atoms with Gasteiger partial charge in [-0.1, -0.05) is 12.1 Å². The molecule has 19 heavy (non-hydrogen) atoms. The van der Waals surface area contributed by atoms with Gasteiger partial charge < -0.3 is 14.6 Å². The summed E-state index contributed by atoms with van der Waals surface area (Å²) in [5, 5.41) is 9.12. The second kappa shape index (κ2) is 5.71. The number of halogens is 1. The molecule has 0 fully saturated rings. The minimum absolute atomic E-state index is 0.0141. The number of aromatic nitrogens is 1. The number of para-hydroxylation sites is 2. The fourth-order valence-electron chi connectivity index (χ4n) is 1.47. The number of hydrogen-bond donors (Lipinski definition) is 1. The largest absolute Gasteiger partial charge is 0.493 e. The molecule has 6 heteroatoms. The highest BCUT2D eigenvalue weighted by atomic mass is 79.9. The van der Waals surface area contributed by atoms with Crippen LogP contribution in [0.5, 0.6) is 17.4 Å². The highest BCUT2D eigenvalue weighted by Crippen LogP contribution is 2.32. The molecule has 98 valence electrons. The average molecular weight is 324 g/mol. The highest BCUT2D eigenvalue weighted by Gasteiger charge is 2.15. The van der Waals surface area contributed by atoms with Crippen LogP contribution in [0.4, 0.5) is 0 Å². The van der Waals surface area contributed by atoms with Crippen LogP contribution in [0.1, 0.15) is 10.4 Å². The molecule has 0 spiro atoms. The quantitative estimate of drug-likeness (QED) is 0.934. The van der Waals surface area contributed by atoms with Gasteiger partial charge in [0, 0.05) is 10.7 Å². The summed E-state index contributed by atoms with van der Waals surface area (Å²) in [6.07, 6.45) is 1.47. The maximum Gasteiger partial charge on any atom is 0.341 e. The molecule has 0 amide bonds. The van der Waals surface area contributed by atoms with Crippen LogP contribution in [0.3, 0.4) is 0 Å². The molecule has 0 radical (unpaired) electrons. The topological polar surface area (TPSA) is 68.7 Å². The SMILES string of the molecule is COc1ccccc1Oc1ncc(Br)cc1C(=O)O. The van der Waals surface area contributed by atoms with Crippen molar-refractivity contribution in [3.05, 3.63) is 46.6 Å². The Balaban J connectivity index is 2.41. The number of nitrogens with zero attached hydrogens (tertiary/aromatic N) is 1. The van der Waals surface area contributed by atoms with E-state index in [1.807, 2.05) is 0 Å². The van der Waals surface area contributed by atoms with Crippen molar-refractivity contribution in [2.24, 2.45) is 0 Å².